The van der Waals surface area contributed by atoms with Crippen LogP contribution in [0, 0.1) is 6.92 Å². The molecule has 5 nitrogen and oxygen atoms in total. The van der Waals surface area contributed by atoms with Crippen LogP contribution >= 0.6 is 11.3 Å². The van der Waals surface area contributed by atoms with Gasteiger partial charge in [-0.25, -0.2) is 14.8 Å². The van der Waals surface area contributed by atoms with Gasteiger partial charge in [0.2, 0.25) is 0 Å². The quantitative estimate of drug-likeness (QED) is 0.887. The number of aryl methyl sites for hydroxylation is 1. The van der Waals surface area contributed by atoms with Crippen molar-refractivity contribution in [1.29, 1.82) is 0 Å². The summed E-state index contributed by atoms with van der Waals surface area (Å²) in [6.45, 7) is 3.68. The topological polar surface area (TPSA) is 75.1 Å². The lowest BCUT2D eigenvalue weighted by atomic mass is 10.1. The highest BCUT2D eigenvalue weighted by Gasteiger charge is 2.17. The van der Waals surface area contributed by atoms with E-state index in [1.54, 1.807) is 25.4 Å². The van der Waals surface area contributed by atoms with Gasteiger partial charge in [-0.05, 0) is 25.5 Å². The van der Waals surface area contributed by atoms with Crippen molar-refractivity contribution in [1.82, 2.24) is 9.97 Å². The van der Waals surface area contributed by atoms with E-state index in [2.05, 4.69) is 15.3 Å². The van der Waals surface area contributed by atoms with E-state index in [1.807, 2.05) is 12.3 Å². The number of hydrogen-bond donors (Lipinski definition) is 2. The van der Waals surface area contributed by atoms with E-state index in [0.717, 1.165) is 5.01 Å². The number of nitrogens with one attached hydrogen (secondary N) is 1. The fourth-order valence-electron chi connectivity index (χ4n) is 1.65. The van der Waals surface area contributed by atoms with Crippen LogP contribution in [-0.4, -0.2) is 21.0 Å². The number of nitrogens with zero attached hydrogens (tertiary/aromatic N) is 2. The maximum absolute atomic E-state index is 11.2. The van der Waals surface area contributed by atoms with Crippen molar-refractivity contribution in [3.63, 3.8) is 0 Å². The van der Waals surface area contributed by atoms with E-state index in [4.69, 9.17) is 0 Å². The van der Waals surface area contributed by atoms with Crippen molar-refractivity contribution in [2.75, 3.05) is 5.32 Å². The van der Waals surface area contributed by atoms with Gasteiger partial charge in [0.15, 0.2) is 0 Å². The lowest BCUT2D eigenvalue weighted by Gasteiger charge is -2.14. The van der Waals surface area contributed by atoms with Crippen LogP contribution in [0.5, 0.6) is 0 Å². The summed E-state index contributed by atoms with van der Waals surface area (Å²) in [6, 6.07) is 1.61. The lowest BCUT2D eigenvalue weighted by Crippen LogP contribution is -2.13. The number of aromatic nitrogens is 2. The van der Waals surface area contributed by atoms with Crippen LogP contribution in [0.2, 0.25) is 0 Å². The molecule has 0 fully saturated rings. The first kappa shape index (κ1) is 12.5. The van der Waals surface area contributed by atoms with Gasteiger partial charge in [0.05, 0.1) is 6.04 Å². The molecule has 94 valence electrons. The Hall–Kier alpha value is -1.95. The molecule has 2 aromatic heterocycles. The second-order valence-electron chi connectivity index (χ2n) is 3.89. The molecule has 0 aliphatic rings. The van der Waals surface area contributed by atoms with Gasteiger partial charge in [-0.3, -0.25) is 0 Å². The molecule has 0 amide bonds. The zero-order chi connectivity index (χ0) is 13.1. The number of hydrogen-bond acceptors (Lipinski definition) is 5. The zero-order valence-electron chi connectivity index (χ0n) is 10.0. The SMILES string of the molecule is Cc1ccnc(NC(C)c2nccs2)c1C(=O)O. The summed E-state index contributed by atoms with van der Waals surface area (Å²) in [5.74, 6) is -0.598. The minimum Gasteiger partial charge on any atom is -0.478 e. The standard InChI is InChI=1S/C12H13N3O2S/c1-7-3-4-13-10(9(7)12(16)17)15-8(2)11-14-5-6-18-11/h3-6,8H,1-2H3,(H,13,15)(H,16,17). The first-order valence-corrected chi connectivity index (χ1v) is 6.32. The van der Waals surface area contributed by atoms with Crippen LogP contribution < -0.4 is 5.32 Å². The van der Waals surface area contributed by atoms with E-state index in [0.29, 0.717) is 11.4 Å². The molecular weight excluding hydrogens is 250 g/mol. The normalized spacial score (nSPS) is 12.1. The summed E-state index contributed by atoms with van der Waals surface area (Å²) in [4.78, 5) is 19.5. The van der Waals surface area contributed by atoms with Crippen LogP contribution in [-0.2, 0) is 0 Å². The van der Waals surface area contributed by atoms with Gasteiger partial charge < -0.3 is 10.4 Å². The highest BCUT2D eigenvalue weighted by atomic mass is 32.1. The Kier molecular flexibility index (Phi) is 3.57. The molecule has 0 aliphatic heterocycles. The molecule has 2 aromatic rings. The minimum absolute atomic E-state index is 0.0719. The van der Waals surface area contributed by atoms with Gasteiger partial charge in [-0.1, -0.05) is 0 Å². The van der Waals surface area contributed by atoms with Crippen LogP contribution in [0.1, 0.15) is 33.9 Å². The number of aromatic carboxylic acids is 1. The van der Waals surface area contributed by atoms with Gasteiger partial charge in [-0.2, -0.15) is 0 Å². The molecule has 0 bridgehead atoms. The van der Waals surface area contributed by atoms with Crippen molar-refractivity contribution < 1.29 is 9.90 Å². The molecule has 2 rings (SSSR count). The predicted octanol–water partition coefficient (Wildman–Crippen LogP) is 2.72. The Labute approximate surface area is 109 Å². The smallest absolute Gasteiger partial charge is 0.339 e. The summed E-state index contributed by atoms with van der Waals surface area (Å²) in [7, 11) is 0. The molecule has 6 heteroatoms. The largest absolute Gasteiger partial charge is 0.478 e. The zero-order valence-corrected chi connectivity index (χ0v) is 10.9. The number of rotatable bonds is 4. The number of pyridine rings is 1. The highest BCUT2D eigenvalue weighted by molar-refractivity contribution is 7.09. The Morgan fingerprint density at radius 2 is 2.22 bits per heavy atom. The third-order valence-electron chi connectivity index (χ3n) is 2.55. The molecule has 18 heavy (non-hydrogen) atoms. The molecule has 0 radical (unpaired) electrons. The van der Waals surface area contributed by atoms with E-state index >= 15 is 0 Å². The number of carboxylic acid groups (broad SMARTS) is 1. The summed E-state index contributed by atoms with van der Waals surface area (Å²) >= 11 is 1.52. The molecule has 0 spiro atoms. The van der Waals surface area contributed by atoms with Crippen LogP contribution in [0.4, 0.5) is 5.82 Å². The highest BCUT2D eigenvalue weighted by Crippen LogP contribution is 2.23. The monoisotopic (exact) mass is 263 g/mol. The van der Waals surface area contributed by atoms with Gasteiger partial charge in [0.1, 0.15) is 16.4 Å². The maximum Gasteiger partial charge on any atom is 0.339 e. The Balaban J connectivity index is 2.29. The Morgan fingerprint density at radius 3 is 2.83 bits per heavy atom. The van der Waals surface area contributed by atoms with Gasteiger partial charge >= 0.3 is 5.97 Å². The van der Waals surface area contributed by atoms with Crippen molar-refractivity contribution in [2.45, 2.75) is 19.9 Å². The summed E-state index contributed by atoms with van der Waals surface area (Å²) in [6.07, 6.45) is 3.32. The van der Waals surface area contributed by atoms with Crippen LogP contribution in [0.25, 0.3) is 0 Å². The van der Waals surface area contributed by atoms with Crippen molar-refractivity contribution in [3.8, 4) is 0 Å². The molecule has 2 N–H and O–H groups in total. The average molecular weight is 263 g/mol. The number of thiazole rings is 1. The molecule has 1 unspecified atom stereocenters. The number of anilines is 1. The maximum atomic E-state index is 11.2. The molecule has 2 heterocycles. The van der Waals surface area contributed by atoms with E-state index in [1.165, 1.54) is 11.3 Å². The van der Waals surface area contributed by atoms with Gasteiger partial charge in [0, 0.05) is 17.8 Å². The molecule has 1 atom stereocenters. The van der Waals surface area contributed by atoms with Crippen molar-refractivity contribution >= 4 is 23.1 Å². The first-order valence-electron chi connectivity index (χ1n) is 5.44. The van der Waals surface area contributed by atoms with Crippen LogP contribution in [0.3, 0.4) is 0 Å². The van der Waals surface area contributed by atoms with E-state index in [9.17, 15) is 9.90 Å². The van der Waals surface area contributed by atoms with E-state index < -0.39 is 5.97 Å². The lowest BCUT2D eigenvalue weighted by molar-refractivity contribution is 0.0697. The predicted molar refractivity (Wildman–Crippen MR) is 70.1 cm³/mol. The molecule has 0 saturated carbocycles. The molecule has 0 aromatic carbocycles. The molecular formula is C12H13N3O2S. The Bertz CT molecular complexity index is 554. The average Bonchev–Trinajstić information content (AvgIpc) is 2.81. The van der Waals surface area contributed by atoms with Gasteiger partial charge in [-0.15, -0.1) is 11.3 Å². The second kappa shape index (κ2) is 5.14. The molecule has 0 saturated heterocycles. The summed E-state index contributed by atoms with van der Waals surface area (Å²) in [5, 5.41) is 15.1. The first-order chi connectivity index (χ1) is 8.59. The second-order valence-corrected chi connectivity index (χ2v) is 4.82. The van der Waals surface area contributed by atoms with Crippen molar-refractivity contribution in [3.05, 3.63) is 40.0 Å². The fourth-order valence-corrected chi connectivity index (χ4v) is 2.30. The third-order valence-corrected chi connectivity index (χ3v) is 3.51. The summed E-state index contributed by atoms with van der Waals surface area (Å²) < 4.78 is 0. The summed E-state index contributed by atoms with van der Waals surface area (Å²) in [5.41, 5.74) is 0.896. The number of carbonyl (C=O) groups is 1. The van der Waals surface area contributed by atoms with Crippen molar-refractivity contribution in [2.24, 2.45) is 0 Å². The molecule has 0 aliphatic carbocycles. The third kappa shape index (κ3) is 2.48. The Morgan fingerprint density at radius 1 is 1.44 bits per heavy atom. The van der Waals surface area contributed by atoms with Gasteiger partial charge in [0.25, 0.3) is 0 Å². The van der Waals surface area contributed by atoms with Crippen LogP contribution in [0.15, 0.2) is 23.8 Å². The number of carboxylic acids is 1. The fraction of sp³-hybridized carbons (Fsp3) is 0.250. The van der Waals surface area contributed by atoms with E-state index in [-0.39, 0.29) is 11.6 Å². The minimum atomic E-state index is -0.977.